The molecule has 4 bridgehead atoms. The first-order chi connectivity index (χ1) is 6.72. The SMILES string of the molecule is C/C=C/C1(C)C2CC3CC(C2)CC1C3. The molecule has 0 radical (unpaired) electrons. The summed E-state index contributed by atoms with van der Waals surface area (Å²) in [5.41, 5.74) is 0.572. The predicted molar refractivity (Wildman–Crippen MR) is 60.0 cm³/mol. The molecule has 4 fully saturated rings. The maximum atomic E-state index is 2.53. The van der Waals surface area contributed by atoms with Crippen molar-refractivity contribution in [1.29, 1.82) is 0 Å². The summed E-state index contributed by atoms with van der Waals surface area (Å²) >= 11 is 0. The minimum absolute atomic E-state index is 0.572. The Balaban J connectivity index is 1.94. The second-order valence-corrected chi connectivity index (χ2v) is 6.17. The van der Waals surface area contributed by atoms with Gasteiger partial charge in [-0.3, -0.25) is 0 Å². The lowest BCUT2D eigenvalue weighted by molar-refractivity contribution is -0.0709. The van der Waals surface area contributed by atoms with Crippen LogP contribution in [-0.4, -0.2) is 0 Å². The third kappa shape index (κ3) is 1.06. The molecular formula is C14H22. The Morgan fingerprint density at radius 2 is 1.43 bits per heavy atom. The van der Waals surface area contributed by atoms with Gasteiger partial charge in [-0.2, -0.15) is 0 Å². The first kappa shape index (κ1) is 9.00. The van der Waals surface area contributed by atoms with Gasteiger partial charge in [0.1, 0.15) is 0 Å². The molecule has 4 aliphatic rings. The van der Waals surface area contributed by atoms with Crippen molar-refractivity contribution in [3.8, 4) is 0 Å². The molecule has 0 saturated heterocycles. The lowest BCUT2D eigenvalue weighted by Gasteiger charge is -2.59. The molecule has 78 valence electrons. The molecule has 4 saturated carbocycles. The van der Waals surface area contributed by atoms with E-state index >= 15 is 0 Å². The highest BCUT2D eigenvalue weighted by Gasteiger charge is 2.53. The van der Waals surface area contributed by atoms with Gasteiger partial charge in [0.2, 0.25) is 0 Å². The van der Waals surface area contributed by atoms with Crippen LogP contribution in [0.15, 0.2) is 12.2 Å². The molecule has 0 aromatic rings. The van der Waals surface area contributed by atoms with Gasteiger partial charge in [0.15, 0.2) is 0 Å². The van der Waals surface area contributed by atoms with Crippen molar-refractivity contribution in [1.82, 2.24) is 0 Å². The van der Waals surface area contributed by atoms with Crippen LogP contribution in [0.2, 0.25) is 0 Å². The fourth-order valence-corrected chi connectivity index (χ4v) is 4.83. The Bertz CT molecular complexity index is 233. The van der Waals surface area contributed by atoms with E-state index in [-0.39, 0.29) is 0 Å². The van der Waals surface area contributed by atoms with Crippen LogP contribution in [0.4, 0.5) is 0 Å². The molecule has 0 unspecified atom stereocenters. The monoisotopic (exact) mass is 190 g/mol. The molecule has 4 rings (SSSR count). The molecule has 0 nitrogen and oxygen atoms in total. The summed E-state index contributed by atoms with van der Waals surface area (Å²) in [6.07, 6.45) is 12.5. The summed E-state index contributed by atoms with van der Waals surface area (Å²) in [5.74, 6) is 4.26. The molecule has 0 N–H and O–H groups in total. The van der Waals surface area contributed by atoms with E-state index in [9.17, 15) is 0 Å². The zero-order valence-electron chi connectivity index (χ0n) is 9.50. The summed E-state index contributed by atoms with van der Waals surface area (Å²) < 4.78 is 0. The Morgan fingerprint density at radius 1 is 0.929 bits per heavy atom. The Labute approximate surface area is 87.8 Å². The van der Waals surface area contributed by atoms with Crippen LogP contribution in [0.5, 0.6) is 0 Å². The summed E-state index contributed by atoms with van der Waals surface area (Å²) in [4.78, 5) is 0. The molecule has 0 aromatic carbocycles. The molecule has 4 aliphatic carbocycles. The standard InChI is InChI=1S/C14H22/c1-3-4-14(2)12-6-10-5-11(8-12)9-13(14)7-10/h3-4,10-13H,5-9H2,1-2H3/b4-3+. The van der Waals surface area contributed by atoms with Gasteiger partial charge in [-0.25, -0.2) is 0 Å². The van der Waals surface area contributed by atoms with E-state index in [1.165, 1.54) is 25.7 Å². The zero-order valence-corrected chi connectivity index (χ0v) is 9.50. The highest BCUT2D eigenvalue weighted by Crippen LogP contribution is 2.62. The predicted octanol–water partition coefficient (Wildman–Crippen LogP) is 4.02. The van der Waals surface area contributed by atoms with E-state index < -0.39 is 0 Å². The molecule has 0 spiro atoms. The first-order valence-electron chi connectivity index (χ1n) is 6.36. The van der Waals surface area contributed by atoms with Gasteiger partial charge in [-0.05, 0) is 68.1 Å². The average Bonchev–Trinajstić information content (AvgIpc) is 2.14. The normalized spacial score (nSPS) is 55.9. The van der Waals surface area contributed by atoms with Gasteiger partial charge in [0, 0.05) is 0 Å². The van der Waals surface area contributed by atoms with E-state index in [1.54, 1.807) is 6.42 Å². The maximum Gasteiger partial charge on any atom is -0.00897 e. The van der Waals surface area contributed by atoms with Crippen molar-refractivity contribution in [2.45, 2.75) is 46.0 Å². The molecule has 0 heterocycles. The molecule has 14 heavy (non-hydrogen) atoms. The largest absolute Gasteiger partial charge is 0.0911 e. The highest BCUT2D eigenvalue weighted by molar-refractivity contribution is 5.12. The maximum absolute atomic E-state index is 2.53. The van der Waals surface area contributed by atoms with Crippen LogP contribution >= 0.6 is 0 Å². The average molecular weight is 190 g/mol. The second-order valence-electron chi connectivity index (χ2n) is 6.17. The Morgan fingerprint density at radius 3 is 1.86 bits per heavy atom. The summed E-state index contributed by atoms with van der Waals surface area (Å²) in [6.45, 7) is 4.72. The van der Waals surface area contributed by atoms with E-state index in [4.69, 9.17) is 0 Å². The first-order valence-corrected chi connectivity index (χ1v) is 6.36. The van der Waals surface area contributed by atoms with Crippen molar-refractivity contribution < 1.29 is 0 Å². The fourth-order valence-electron chi connectivity index (χ4n) is 4.83. The quantitative estimate of drug-likeness (QED) is 0.548. The lowest BCUT2D eigenvalue weighted by atomic mass is 9.46. The van der Waals surface area contributed by atoms with Crippen molar-refractivity contribution >= 4 is 0 Å². The van der Waals surface area contributed by atoms with Crippen molar-refractivity contribution in [3.05, 3.63) is 12.2 Å². The van der Waals surface area contributed by atoms with Gasteiger partial charge >= 0.3 is 0 Å². The van der Waals surface area contributed by atoms with Crippen LogP contribution in [-0.2, 0) is 0 Å². The van der Waals surface area contributed by atoms with E-state index in [0.717, 1.165) is 23.7 Å². The third-order valence-corrected chi connectivity index (χ3v) is 5.42. The second kappa shape index (κ2) is 2.87. The van der Waals surface area contributed by atoms with E-state index in [0.29, 0.717) is 5.41 Å². The van der Waals surface area contributed by atoms with Gasteiger partial charge in [0.05, 0.1) is 0 Å². The number of hydrogen-bond acceptors (Lipinski definition) is 0. The molecule has 0 atom stereocenters. The molecule has 0 heteroatoms. The van der Waals surface area contributed by atoms with Crippen LogP contribution in [0.25, 0.3) is 0 Å². The Kier molecular flexibility index (Phi) is 1.84. The van der Waals surface area contributed by atoms with Crippen LogP contribution in [0.1, 0.15) is 46.0 Å². The van der Waals surface area contributed by atoms with Gasteiger partial charge in [0.25, 0.3) is 0 Å². The van der Waals surface area contributed by atoms with Crippen molar-refractivity contribution in [3.63, 3.8) is 0 Å². The zero-order chi connectivity index (χ0) is 9.76. The number of rotatable bonds is 1. The molecule has 0 aromatic heterocycles. The van der Waals surface area contributed by atoms with Gasteiger partial charge in [-0.1, -0.05) is 19.1 Å². The van der Waals surface area contributed by atoms with Gasteiger partial charge in [-0.15, -0.1) is 0 Å². The minimum Gasteiger partial charge on any atom is -0.0911 e. The smallest absolute Gasteiger partial charge is 0.00897 e. The van der Waals surface area contributed by atoms with Crippen molar-refractivity contribution in [2.75, 3.05) is 0 Å². The summed E-state index contributed by atoms with van der Waals surface area (Å²) in [7, 11) is 0. The summed E-state index contributed by atoms with van der Waals surface area (Å²) in [5, 5.41) is 0. The minimum atomic E-state index is 0.572. The summed E-state index contributed by atoms with van der Waals surface area (Å²) in [6, 6.07) is 0. The van der Waals surface area contributed by atoms with Crippen molar-refractivity contribution in [2.24, 2.45) is 29.1 Å². The molecular weight excluding hydrogens is 168 g/mol. The van der Waals surface area contributed by atoms with Crippen LogP contribution in [0, 0.1) is 29.1 Å². The fraction of sp³-hybridized carbons (Fsp3) is 0.857. The third-order valence-electron chi connectivity index (χ3n) is 5.42. The van der Waals surface area contributed by atoms with Crippen LogP contribution < -0.4 is 0 Å². The highest BCUT2D eigenvalue weighted by atomic mass is 14.6. The molecule has 0 aliphatic heterocycles. The van der Waals surface area contributed by atoms with Crippen LogP contribution in [0.3, 0.4) is 0 Å². The molecule has 0 amide bonds. The topological polar surface area (TPSA) is 0 Å². The Hall–Kier alpha value is -0.260. The van der Waals surface area contributed by atoms with E-state index in [2.05, 4.69) is 26.0 Å². The lowest BCUT2D eigenvalue weighted by Crippen LogP contribution is -2.50. The number of allylic oxidation sites excluding steroid dienone is 2. The number of hydrogen-bond donors (Lipinski definition) is 0. The van der Waals surface area contributed by atoms with Gasteiger partial charge < -0.3 is 0 Å². The van der Waals surface area contributed by atoms with E-state index in [1.807, 2.05) is 0 Å².